The maximum Gasteiger partial charge on any atom is 0.274 e. The van der Waals surface area contributed by atoms with Crippen LogP contribution in [0, 0.1) is 13.8 Å². The first kappa shape index (κ1) is 16.6. The number of carbonyl (C=O) groups excluding carboxylic acids is 1. The minimum Gasteiger partial charge on any atom is -0.348 e. The van der Waals surface area contributed by atoms with Gasteiger partial charge in [-0.3, -0.25) is 9.89 Å². The number of nitrogens with zero attached hydrogens (tertiary/aromatic N) is 3. The van der Waals surface area contributed by atoms with E-state index in [-0.39, 0.29) is 11.8 Å². The Bertz CT molecular complexity index is 908. The second kappa shape index (κ2) is 6.78. The van der Waals surface area contributed by atoms with E-state index in [1.165, 1.54) is 5.56 Å². The Hall–Kier alpha value is -2.89. The predicted octanol–water partition coefficient (Wildman–Crippen LogP) is 3.44. The number of aryl methyl sites for hydroxylation is 2. The van der Waals surface area contributed by atoms with E-state index in [1.54, 1.807) is 6.33 Å². The standard InChI is InChI=1S/C20H23N5O/c1-13-5-7-15(8-6-13)17-10-23-24-19(17)16-4-3-9-25(11-16)20(26)18-14(2)21-12-22-18/h5-8,10,12,16H,3-4,9,11H2,1-2H3,(H,21,22)(H,23,24). The summed E-state index contributed by atoms with van der Waals surface area (Å²) in [7, 11) is 0. The van der Waals surface area contributed by atoms with E-state index >= 15 is 0 Å². The highest BCUT2D eigenvalue weighted by molar-refractivity contribution is 5.93. The highest BCUT2D eigenvalue weighted by Crippen LogP contribution is 2.33. The normalized spacial score (nSPS) is 17.5. The third-order valence-electron chi connectivity index (χ3n) is 5.18. The minimum absolute atomic E-state index is 0.00449. The molecule has 1 atom stereocenters. The molecule has 3 heterocycles. The third-order valence-corrected chi connectivity index (χ3v) is 5.18. The number of carbonyl (C=O) groups is 1. The summed E-state index contributed by atoms with van der Waals surface area (Å²) >= 11 is 0. The number of rotatable bonds is 3. The van der Waals surface area contributed by atoms with Crippen molar-refractivity contribution in [3.63, 3.8) is 0 Å². The van der Waals surface area contributed by atoms with Gasteiger partial charge in [0.15, 0.2) is 0 Å². The van der Waals surface area contributed by atoms with Crippen LogP contribution in [0.15, 0.2) is 36.8 Å². The molecular formula is C20H23N5O. The topological polar surface area (TPSA) is 77.7 Å². The number of piperidine rings is 1. The molecule has 1 unspecified atom stereocenters. The zero-order chi connectivity index (χ0) is 18.1. The molecule has 1 saturated heterocycles. The van der Waals surface area contributed by atoms with Crippen LogP contribution in [0.25, 0.3) is 11.1 Å². The zero-order valence-electron chi connectivity index (χ0n) is 15.1. The molecule has 3 aromatic rings. The summed E-state index contributed by atoms with van der Waals surface area (Å²) < 4.78 is 0. The minimum atomic E-state index is 0.00449. The fourth-order valence-corrected chi connectivity index (χ4v) is 3.69. The summed E-state index contributed by atoms with van der Waals surface area (Å²) in [4.78, 5) is 21.9. The van der Waals surface area contributed by atoms with Crippen molar-refractivity contribution in [2.45, 2.75) is 32.6 Å². The van der Waals surface area contributed by atoms with Crippen LogP contribution in [0.3, 0.4) is 0 Å². The lowest BCUT2D eigenvalue weighted by Gasteiger charge is -2.32. The van der Waals surface area contributed by atoms with Gasteiger partial charge in [-0.25, -0.2) is 4.98 Å². The Labute approximate surface area is 152 Å². The SMILES string of the molecule is Cc1ccc(-c2cn[nH]c2C2CCCN(C(=O)c3nc[nH]c3C)C2)cc1. The fraction of sp³-hybridized carbons (Fsp3) is 0.350. The fourth-order valence-electron chi connectivity index (χ4n) is 3.69. The van der Waals surface area contributed by atoms with Crippen LogP contribution in [0.1, 0.15) is 46.2 Å². The lowest BCUT2D eigenvalue weighted by atomic mass is 9.90. The van der Waals surface area contributed by atoms with Gasteiger partial charge in [0.05, 0.1) is 12.5 Å². The second-order valence-corrected chi connectivity index (χ2v) is 7.03. The van der Waals surface area contributed by atoms with E-state index in [0.29, 0.717) is 12.2 Å². The molecule has 2 N–H and O–H groups in total. The Kier molecular flexibility index (Phi) is 4.32. The molecule has 0 aliphatic carbocycles. The Morgan fingerprint density at radius 1 is 1.23 bits per heavy atom. The van der Waals surface area contributed by atoms with Gasteiger partial charge in [0.1, 0.15) is 5.69 Å². The largest absolute Gasteiger partial charge is 0.348 e. The number of amides is 1. The van der Waals surface area contributed by atoms with Crippen LogP contribution in [0.4, 0.5) is 0 Å². The average molecular weight is 349 g/mol. The van der Waals surface area contributed by atoms with E-state index in [4.69, 9.17) is 0 Å². The first-order chi connectivity index (χ1) is 12.6. The molecule has 4 rings (SSSR count). The van der Waals surface area contributed by atoms with E-state index in [9.17, 15) is 4.79 Å². The molecule has 2 aromatic heterocycles. The van der Waals surface area contributed by atoms with Gasteiger partial charge in [-0.05, 0) is 32.3 Å². The number of likely N-dealkylation sites (tertiary alicyclic amines) is 1. The van der Waals surface area contributed by atoms with E-state index in [0.717, 1.165) is 41.9 Å². The third kappa shape index (κ3) is 3.03. The van der Waals surface area contributed by atoms with Gasteiger partial charge < -0.3 is 9.88 Å². The summed E-state index contributed by atoms with van der Waals surface area (Å²) in [6.07, 6.45) is 5.49. The van der Waals surface area contributed by atoms with Gasteiger partial charge in [-0.2, -0.15) is 5.10 Å². The number of aromatic amines is 2. The van der Waals surface area contributed by atoms with Gasteiger partial charge in [0.25, 0.3) is 5.91 Å². The predicted molar refractivity (Wildman–Crippen MR) is 100.0 cm³/mol. The molecule has 1 fully saturated rings. The number of hydrogen-bond donors (Lipinski definition) is 2. The molecule has 134 valence electrons. The number of H-pyrrole nitrogens is 2. The molecule has 1 amide bonds. The second-order valence-electron chi connectivity index (χ2n) is 7.03. The van der Waals surface area contributed by atoms with Crippen molar-refractivity contribution in [2.75, 3.05) is 13.1 Å². The van der Waals surface area contributed by atoms with Gasteiger partial charge in [-0.15, -0.1) is 0 Å². The number of nitrogens with one attached hydrogen (secondary N) is 2. The van der Waals surface area contributed by atoms with Crippen molar-refractivity contribution in [2.24, 2.45) is 0 Å². The number of benzene rings is 1. The molecule has 1 aliphatic heterocycles. The first-order valence-corrected chi connectivity index (χ1v) is 9.03. The van der Waals surface area contributed by atoms with Crippen molar-refractivity contribution in [3.8, 4) is 11.1 Å². The van der Waals surface area contributed by atoms with Gasteiger partial charge in [0, 0.05) is 36.0 Å². The maximum absolute atomic E-state index is 12.8. The lowest BCUT2D eigenvalue weighted by molar-refractivity contribution is 0.0700. The van der Waals surface area contributed by atoms with E-state index in [2.05, 4.69) is 51.4 Å². The molecule has 26 heavy (non-hydrogen) atoms. The Balaban J connectivity index is 1.57. The number of hydrogen-bond acceptors (Lipinski definition) is 3. The molecule has 0 radical (unpaired) electrons. The molecule has 0 bridgehead atoms. The van der Waals surface area contributed by atoms with Crippen molar-refractivity contribution < 1.29 is 4.79 Å². The zero-order valence-corrected chi connectivity index (χ0v) is 15.1. The number of aromatic nitrogens is 4. The smallest absolute Gasteiger partial charge is 0.274 e. The summed E-state index contributed by atoms with van der Waals surface area (Å²) in [5, 5.41) is 7.47. The van der Waals surface area contributed by atoms with E-state index < -0.39 is 0 Å². The van der Waals surface area contributed by atoms with Crippen LogP contribution in [-0.4, -0.2) is 44.1 Å². The van der Waals surface area contributed by atoms with Crippen molar-refractivity contribution in [3.05, 3.63) is 59.4 Å². The Morgan fingerprint density at radius 3 is 2.77 bits per heavy atom. The van der Waals surface area contributed by atoms with Crippen molar-refractivity contribution >= 4 is 5.91 Å². The van der Waals surface area contributed by atoms with Gasteiger partial charge in [0.2, 0.25) is 0 Å². The van der Waals surface area contributed by atoms with Crippen molar-refractivity contribution in [1.29, 1.82) is 0 Å². The van der Waals surface area contributed by atoms with Crippen LogP contribution >= 0.6 is 0 Å². The molecule has 1 aromatic carbocycles. The van der Waals surface area contributed by atoms with Gasteiger partial charge in [-0.1, -0.05) is 29.8 Å². The highest BCUT2D eigenvalue weighted by Gasteiger charge is 2.29. The molecule has 0 saturated carbocycles. The molecular weight excluding hydrogens is 326 g/mol. The highest BCUT2D eigenvalue weighted by atomic mass is 16.2. The number of imidazole rings is 1. The van der Waals surface area contributed by atoms with Crippen LogP contribution in [-0.2, 0) is 0 Å². The van der Waals surface area contributed by atoms with Crippen molar-refractivity contribution in [1.82, 2.24) is 25.1 Å². The summed E-state index contributed by atoms with van der Waals surface area (Å²) in [5.41, 5.74) is 5.98. The van der Waals surface area contributed by atoms with Crippen LogP contribution < -0.4 is 0 Å². The summed E-state index contributed by atoms with van der Waals surface area (Å²) in [6.45, 7) is 5.43. The summed E-state index contributed by atoms with van der Waals surface area (Å²) in [5.74, 6) is 0.260. The van der Waals surface area contributed by atoms with E-state index in [1.807, 2.05) is 18.0 Å². The molecule has 6 heteroatoms. The molecule has 0 spiro atoms. The quantitative estimate of drug-likeness (QED) is 0.760. The maximum atomic E-state index is 12.8. The average Bonchev–Trinajstić information content (AvgIpc) is 3.31. The van der Waals surface area contributed by atoms with Crippen LogP contribution in [0.5, 0.6) is 0 Å². The van der Waals surface area contributed by atoms with Crippen LogP contribution in [0.2, 0.25) is 0 Å². The molecule has 1 aliphatic rings. The monoisotopic (exact) mass is 349 g/mol. The summed E-state index contributed by atoms with van der Waals surface area (Å²) in [6, 6.07) is 8.48. The molecule has 6 nitrogen and oxygen atoms in total. The Morgan fingerprint density at radius 2 is 2.04 bits per heavy atom. The van der Waals surface area contributed by atoms with Gasteiger partial charge >= 0.3 is 0 Å². The first-order valence-electron chi connectivity index (χ1n) is 9.03. The lowest BCUT2D eigenvalue weighted by Crippen LogP contribution is -2.39.